The number of rotatable bonds is 4. The van der Waals surface area contributed by atoms with Gasteiger partial charge in [0.2, 0.25) is 4.93 Å². The molecule has 0 radical (unpaired) electrons. The summed E-state index contributed by atoms with van der Waals surface area (Å²) < 4.78 is 5.06. The third kappa shape index (κ3) is 2.94. The zero-order valence-corrected chi connectivity index (χ0v) is 10.3. The summed E-state index contributed by atoms with van der Waals surface area (Å²) in [4.78, 5) is 8.99. The SMILES string of the molecule is N[C@H]1[C@H]([C@H](O)[C@H](O)CO)O[C@](S)(C(=O)O)C[C@@H]1O. The average Bonchev–Trinajstić information content (AvgIpc) is 2.31. The van der Waals surface area contributed by atoms with Gasteiger partial charge in [-0.1, -0.05) is 0 Å². The lowest BCUT2D eigenvalue weighted by Crippen LogP contribution is -2.64. The van der Waals surface area contributed by atoms with Crippen LogP contribution in [0.4, 0.5) is 0 Å². The van der Waals surface area contributed by atoms with Crippen molar-refractivity contribution in [2.45, 2.75) is 41.8 Å². The zero-order valence-electron chi connectivity index (χ0n) is 9.38. The molecular formula is C9H17NO7S. The highest BCUT2D eigenvalue weighted by Gasteiger charge is 2.51. The monoisotopic (exact) mass is 283 g/mol. The summed E-state index contributed by atoms with van der Waals surface area (Å²) in [5.41, 5.74) is 5.58. The number of carbonyl (C=O) groups is 1. The summed E-state index contributed by atoms with van der Waals surface area (Å²) in [7, 11) is 0. The Morgan fingerprint density at radius 2 is 2.11 bits per heavy atom. The van der Waals surface area contributed by atoms with E-state index in [9.17, 15) is 20.1 Å². The van der Waals surface area contributed by atoms with Crippen LogP contribution in [0.5, 0.6) is 0 Å². The maximum Gasteiger partial charge on any atom is 0.346 e. The number of thiol groups is 1. The van der Waals surface area contributed by atoms with Crippen molar-refractivity contribution < 1.29 is 35.1 Å². The van der Waals surface area contributed by atoms with Crippen LogP contribution in [0.15, 0.2) is 0 Å². The maximum absolute atomic E-state index is 11.0. The molecule has 9 heteroatoms. The Bertz CT molecular complexity index is 317. The van der Waals surface area contributed by atoms with E-state index in [1.54, 1.807) is 0 Å². The maximum atomic E-state index is 11.0. The molecule has 0 aromatic rings. The second-order valence-corrected chi connectivity index (χ2v) is 4.98. The summed E-state index contributed by atoms with van der Waals surface area (Å²) in [6, 6.07) is -1.10. The Hall–Kier alpha value is -0.420. The van der Waals surface area contributed by atoms with Crippen LogP contribution < -0.4 is 5.73 Å². The van der Waals surface area contributed by atoms with Gasteiger partial charge in [0.05, 0.1) is 18.8 Å². The van der Waals surface area contributed by atoms with Crippen molar-refractivity contribution in [2.75, 3.05) is 6.61 Å². The van der Waals surface area contributed by atoms with E-state index in [0.29, 0.717) is 0 Å². The fourth-order valence-corrected chi connectivity index (χ4v) is 2.06. The standard InChI is InChI=1S/C9H17NO7S/c10-5-3(12)1-9(18,8(15)16)17-7(5)6(14)4(13)2-11/h3-7,11-14,18H,1-2,10H2,(H,15,16)/t3-,4+,5+,6+,7+,9+/m0/s1. The highest BCUT2D eigenvalue weighted by Crippen LogP contribution is 2.33. The van der Waals surface area contributed by atoms with Crippen molar-refractivity contribution in [3.05, 3.63) is 0 Å². The van der Waals surface area contributed by atoms with E-state index in [1.165, 1.54) is 0 Å². The van der Waals surface area contributed by atoms with E-state index >= 15 is 0 Å². The quantitative estimate of drug-likeness (QED) is 0.268. The molecule has 0 amide bonds. The topological polar surface area (TPSA) is 153 Å². The van der Waals surface area contributed by atoms with Crippen LogP contribution >= 0.6 is 12.6 Å². The van der Waals surface area contributed by atoms with Gasteiger partial charge in [0.15, 0.2) is 0 Å². The first-order chi connectivity index (χ1) is 8.23. The van der Waals surface area contributed by atoms with Crippen molar-refractivity contribution in [1.82, 2.24) is 0 Å². The summed E-state index contributed by atoms with van der Waals surface area (Å²) >= 11 is 3.80. The Labute approximate surface area is 108 Å². The van der Waals surface area contributed by atoms with Crippen LogP contribution in [0.3, 0.4) is 0 Å². The first-order valence-corrected chi connectivity index (χ1v) is 5.72. The predicted octanol–water partition coefficient (Wildman–Crippen LogP) is -3.11. The molecule has 0 aromatic heterocycles. The van der Waals surface area contributed by atoms with E-state index in [4.69, 9.17) is 20.7 Å². The third-order valence-corrected chi connectivity index (χ3v) is 3.37. The minimum atomic E-state index is -2.00. The van der Waals surface area contributed by atoms with Crippen molar-refractivity contribution in [3.8, 4) is 0 Å². The largest absolute Gasteiger partial charge is 0.478 e. The lowest BCUT2D eigenvalue weighted by Gasteiger charge is -2.43. The van der Waals surface area contributed by atoms with Gasteiger partial charge in [-0.25, -0.2) is 4.79 Å². The zero-order chi connectivity index (χ0) is 14.1. The van der Waals surface area contributed by atoms with Crippen molar-refractivity contribution >= 4 is 18.6 Å². The highest BCUT2D eigenvalue weighted by atomic mass is 32.1. The molecule has 0 spiro atoms. The molecule has 1 fully saturated rings. The Balaban J connectivity index is 2.92. The summed E-state index contributed by atoms with van der Waals surface area (Å²) in [5, 5.41) is 46.3. The first kappa shape index (κ1) is 15.6. The number of hydrogen-bond donors (Lipinski definition) is 7. The van der Waals surface area contributed by atoms with Gasteiger partial charge in [0.25, 0.3) is 0 Å². The van der Waals surface area contributed by atoms with E-state index in [2.05, 4.69) is 12.6 Å². The molecule has 106 valence electrons. The number of carboxylic acid groups (broad SMARTS) is 1. The number of aliphatic hydroxyl groups is 4. The number of hydrogen-bond acceptors (Lipinski definition) is 8. The smallest absolute Gasteiger partial charge is 0.346 e. The van der Waals surface area contributed by atoms with Gasteiger partial charge in [0, 0.05) is 6.42 Å². The van der Waals surface area contributed by atoms with Gasteiger partial charge < -0.3 is 36.0 Å². The molecule has 0 aromatic carbocycles. The first-order valence-electron chi connectivity index (χ1n) is 5.27. The van der Waals surface area contributed by atoms with Crippen LogP contribution in [0.1, 0.15) is 6.42 Å². The lowest BCUT2D eigenvalue weighted by molar-refractivity contribution is -0.200. The average molecular weight is 283 g/mol. The molecule has 1 aliphatic heterocycles. The van der Waals surface area contributed by atoms with Crippen molar-refractivity contribution in [1.29, 1.82) is 0 Å². The van der Waals surface area contributed by atoms with Crippen LogP contribution in [-0.2, 0) is 9.53 Å². The number of aliphatic hydroxyl groups excluding tert-OH is 4. The fourth-order valence-electron chi connectivity index (χ4n) is 1.75. The van der Waals surface area contributed by atoms with Gasteiger partial charge >= 0.3 is 5.97 Å². The van der Waals surface area contributed by atoms with Gasteiger partial charge in [-0.05, 0) is 0 Å². The number of aliphatic carboxylic acids is 1. The Morgan fingerprint density at radius 3 is 2.56 bits per heavy atom. The molecule has 0 aliphatic carbocycles. The molecule has 8 nitrogen and oxygen atoms in total. The molecule has 0 unspecified atom stereocenters. The predicted molar refractivity (Wildman–Crippen MR) is 61.9 cm³/mol. The number of nitrogens with two attached hydrogens (primary N) is 1. The molecule has 1 rings (SSSR count). The number of ether oxygens (including phenoxy) is 1. The lowest BCUT2D eigenvalue weighted by atomic mass is 9.90. The van der Waals surface area contributed by atoms with Crippen molar-refractivity contribution in [3.63, 3.8) is 0 Å². The van der Waals surface area contributed by atoms with Crippen molar-refractivity contribution in [2.24, 2.45) is 5.73 Å². The molecule has 0 bridgehead atoms. The fraction of sp³-hybridized carbons (Fsp3) is 0.889. The molecule has 6 atom stereocenters. The van der Waals surface area contributed by atoms with Gasteiger partial charge in [-0.15, -0.1) is 12.6 Å². The van der Waals surface area contributed by atoms with Gasteiger partial charge in [-0.2, -0.15) is 0 Å². The van der Waals surface area contributed by atoms with Gasteiger partial charge in [0.1, 0.15) is 18.3 Å². The Kier molecular flexibility index (Phi) is 4.95. The summed E-state index contributed by atoms with van der Waals surface area (Å²) in [5.74, 6) is -1.44. The highest BCUT2D eigenvalue weighted by molar-refractivity contribution is 7.82. The van der Waals surface area contributed by atoms with E-state index < -0.39 is 48.0 Å². The van der Waals surface area contributed by atoms with E-state index in [-0.39, 0.29) is 6.42 Å². The van der Waals surface area contributed by atoms with E-state index in [0.717, 1.165) is 0 Å². The Morgan fingerprint density at radius 1 is 1.56 bits per heavy atom. The second-order valence-electron chi connectivity index (χ2n) is 4.26. The minimum absolute atomic E-state index is 0.356. The molecule has 0 saturated carbocycles. The minimum Gasteiger partial charge on any atom is -0.478 e. The molecule has 7 N–H and O–H groups in total. The summed E-state index contributed by atoms with van der Waals surface area (Å²) in [6.45, 7) is -0.753. The summed E-state index contributed by atoms with van der Waals surface area (Å²) in [6.07, 6.45) is -6.17. The molecule has 1 heterocycles. The van der Waals surface area contributed by atoms with Gasteiger partial charge in [-0.3, -0.25) is 0 Å². The van der Waals surface area contributed by atoms with Crippen LogP contribution in [-0.4, -0.2) is 73.5 Å². The van der Waals surface area contributed by atoms with E-state index in [1.807, 2.05) is 0 Å². The van der Waals surface area contributed by atoms with Crippen LogP contribution in [0, 0.1) is 0 Å². The molecule has 18 heavy (non-hydrogen) atoms. The molecule has 1 aliphatic rings. The normalized spacial score (nSPS) is 40.2. The molecular weight excluding hydrogens is 266 g/mol. The second kappa shape index (κ2) is 5.70. The third-order valence-electron chi connectivity index (χ3n) is 2.89. The number of carboxylic acids is 1. The van der Waals surface area contributed by atoms with Crippen LogP contribution in [0.2, 0.25) is 0 Å². The molecule has 1 saturated heterocycles. The van der Waals surface area contributed by atoms with Crippen LogP contribution in [0.25, 0.3) is 0 Å².